The van der Waals surface area contributed by atoms with Crippen LogP contribution in [-0.2, 0) is 6.61 Å². The second kappa shape index (κ2) is 7.55. The van der Waals surface area contributed by atoms with Gasteiger partial charge in [-0.3, -0.25) is 0 Å². The van der Waals surface area contributed by atoms with Crippen molar-refractivity contribution in [2.75, 3.05) is 18.0 Å². The largest absolute Gasteiger partial charge is 0.487 e. The third kappa shape index (κ3) is 3.90. The van der Waals surface area contributed by atoms with E-state index in [1.54, 1.807) is 12.1 Å². The summed E-state index contributed by atoms with van der Waals surface area (Å²) in [4.78, 5) is 7.28. The number of pyridine rings is 1. The molecule has 2 atom stereocenters. The van der Waals surface area contributed by atoms with E-state index in [0.717, 1.165) is 29.8 Å². The zero-order valence-electron chi connectivity index (χ0n) is 15.9. The first-order chi connectivity index (χ1) is 13.1. The van der Waals surface area contributed by atoms with Gasteiger partial charge in [-0.1, -0.05) is 44.2 Å². The lowest BCUT2D eigenvalue weighted by atomic mass is 9.92. The van der Waals surface area contributed by atoms with Gasteiger partial charge in [0.25, 0.3) is 0 Å². The van der Waals surface area contributed by atoms with E-state index in [4.69, 9.17) is 9.72 Å². The lowest BCUT2D eigenvalue weighted by Gasteiger charge is -2.35. The Morgan fingerprint density at radius 1 is 1.00 bits per heavy atom. The number of benzene rings is 2. The number of aromatic nitrogens is 1. The van der Waals surface area contributed by atoms with Crippen LogP contribution in [0.4, 0.5) is 10.2 Å². The average Bonchev–Trinajstić information content (AvgIpc) is 2.66. The monoisotopic (exact) mass is 364 g/mol. The molecule has 3 aromatic rings. The Balaban J connectivity index is 1.62. The molecule has 27 heavy (non-hydrogen) atoms. The standard InChI is InChI=1S/C23H25FN2O/c1-16-12-17(2)14-26(13-16)22-11-10-18-7-5-9-21(23(18)25-22)27-15-19-6-3-4-8-20(19)24/h3-11,16-17H,12-15H2,1-2H3. The summed E-state index contributed by atoms with van der Waals surface area (Å²) in [6, 6.07) is 16.8. The average molecular weight is 364 g/mol. The van der Waals surface area contributed by atoms with Gasteiger partial charge in [-0.2, -0.15) is 0 Å². The van der Waals surface area contributed by atoms with Crippen molar-refractivity contribution in [2.45, 2.75) is 26.9 Å². The number of hydrogen-bond acceptors (Lipinski definition) is 3. The lowest BCUT2D eigenvalue weighted by Crippen LogP contribution is -2.39. The fraction of sp³-hybridized carbons (Fsp3) is 0.348. The number of nitrogens with zero attached hydrogens (tertiary/aromatic N) is 2. The zero-order chi connectivity index (χ0) is 18.8. The summed E-state index contributed by atoms with van der Waals surface area (Å²) in [5.74, 6) is 2.76. The molecule has 0 amide bonds. The number of fused-ring (bicyclic) bond motifs is 1. The topological polar surface area (TPSA) is 25.4 Å². The van der Waals surface area contributed by atoms with Gasteiger partial charge in [-0.15, -0.1) is 0 Å². The fourth-order valence-corrected chi connectivity index (χ4v) is 4.02. The number of anilines is 1. The van der Waals surface area contributed by atoms with E-state index in [1.165, 1.54) is 12.5 Å². The second-order valence-corrected chi connectivity index (χ2v) is 7.73. The number of para-hydroxylation sites is 1. The predicted octanol–water partition coefficient (Wildman–Crippen LogP) is 5.44. The van der Waals surface area contributed by atoms with Crippen molar-refractivity contribution in [3.8, 4) is 5.75 Å². The zero-order valence-corrected chi connectivity index (χ0v) is 15.9. The Bertz CT molecular complexity index is 933. The number of hydrogen-bond donors (Lipinski definition) is 0. The van der Waals surface area contributed by atoms with Crippen LogP contribution in [0.1, 0.15) is 25.8 Å². The highest BCUT2D eigenvalue weighted by atomic mass is 19.1. The molecule has 1 fully saturated rings. The van der Waals surface area contributed by atoms with Gasteiger partial charge in [-0.05, 0) is 42.5 Å². The van der Waals surface area contributed by atoms with Crippen LogP contribution >= 0.6 is 0 Å². The maximum absolute atomic E-state index is 13.9. The fourth-order valence-electron chi connectivity index (χ4n) is 4.02. The highest BCUT2D eigenvalue weighted by Crippen LogP contribution is 2.30. The number of piperidine rings is 1. The first-order valence-electron chi connectivity index (χ1n) is 9.61. The summed E-state index contributed by atoms with van der Waals surface area (Å²) in [5.41, 5.74) is 1.38. The molecule has 0 spiro atoms. The molecular weight excluding hydrogens is 339 g/mol. The van der Waals surface area contributed by atoms with Gasteiger partial charge in [0.05, 0.1) is 0 Å². The first-order valence-corrected chi connectivity index (χ1v) is 9.61. The molecule has 1 aliphatic rings. The van der Waals surface area contributed by atoms with Crippen LogP contribution in [-0.4, -0.2) is 18.1 Å². The summed E-state index contributed by atoms with van der Waals surface area (Å²) >= 11 is 0. The van der Waals surface area contributed by atoms with Crippen molar-refractivity contribution in [1.29, 1.82) is 0 Å². The summed E-state index contributed by atoms with van der Waals surface area (Å²) in [5, 5.41) is 1.03. The van der Waals surface area contributed by atoms with Crippen molar-refractivity contribution in [2.24, 2.45) is 11.8 Å². The first kappa shape index (κ1) is 17.8. The van der Waals surface area contributed by atoms with Crippen molar-refractivity contribution in [1.82, 2.24) is 4.98 Å². The second-order valence-electron chi connectivity index (χ2n) is 7.73. The molecule has 3 nitrogen and oxygen atoms in total. The summed E-state index contributed by atoms with van der Waals surface area (Å²) in [6.07, 6.45) is 1.26. The molecule has 140 valence electrons. The van der Waals surface area contributed by atoms with Gasteiger partial charge in [-0.25, -0.2) is 9.37 Å². The van der Waals surface area contributed by atoms with Gasteiger partial charge in [0.2, 0.25) is 0 Å². The molecule has 2 unspecified atom stereocenters. The summed E-state index contributed by atoms with van der Waals surface area (Å²) in [7, 11) is 0. The van der Waals surface area contributed by atoms with Gasteiger partial charge < -0.3 is 9.64 Å². The normalized spacial score (nSPS) is 20.0. The highest BCUT2D eigenvalue weighted by Gasteiger charge is 2.23. The highest BCUT2D eigenvalue weighted by molar-refractivity contribution is 5.86. The van der Waals surface area contributed by atoms with Crippen molar-refractivity contribution in [3.63, 3.8) is 0 Å². The number of ether oxygens (including phenoxy) is 1. The van der Waals surface area contributed by atoms with Crippen molar-refractivity contribution in [3.05, 3.63) is 66.0 Å². The van der Waals surface area contributed by atoms with E-state index in [-0.39, 0.29) is 12.4 Å². The maximum Gasteiger partial charge on any atom is 0.146 e. The minimum atomic E-state index is -0.248. The predicted molar refractivity (Wildman–Crippen MR) is 108 cm³/mol. The van der Waals surface area contributed by atoms with Crippen LogP contribution in [0.15, 0.2) is 54.6 Å². The van der Waals surface area contributed by atoms with E-state index in [2.05, 4.69) is 30.9 Å². The Morgan fingerprint density at radius 2 is 1.78 bits per heavy atom. The Labute approximate surface area is 159 Å². The van der Waals surface area contributed by atoms with E-state index >= 15 is 0 Å². The Hall–Kier alpha value is -2.62. The van der Waals surface area contributed by atoms with Crippen LogP contribution in [0.25, 0.3) is 10.9 Å². The molecule has 1 aliphatic heterocycles. The molecule has 4 rings (SSSR count). The molecule has 1 aromatic heterocycles. The Morgan fingerprint density at radius 3 is 2.56 bits per heavy atom. The van der Waals surface area contributed by atoms with Crippen LogP contribution in [0.5, 0.6) is 5.75 Å². The van der Waals surface area contributed by atoms with E-state index in [1.807, 2.05) is 24.3 Å². The van der Waals surface area contributed by atoms with E-state index in [0.29, 0.717) is 23.1 Å². The molecule has 1 saturated heterocycles. The molecule has 2 heterocycles. The van der Waals surface area contributed by atoms with Gasteiger partial charge in [0.15, 0.2) is 0 Å². The molecule has 2 aromatic carbocycles. The third-order valence-corrected chi connectivity index (χ3v) is 5.20. The third-order valence-electron chi connectivity index (χ3n) is 5.20. The molecule has 4 heteroatoms. The van der Waals surface area contributed by atoms with Gasteiger partial charge in [0, 0.05) is 24.0 Å². The number of halogens is 1. The van der Waals surface area contributed by atoms with Crippen LogP contribution in [0.2, 0.25) is 0 Å². The molecule has 0 bridgehead atoms. The quantitative estimate of drug-likeness (QED) is 0.617. The minimum absolute atomic E-state index is 0.190. The summed E-state index contributed by atoms with van der Waals surface area (Å²) < 4.78 is 19.8. The smallest absolute Gasteiger partial charge is 0.146 e. The lowest BCUT2D eigenvalue weighted by molar-refractivity contribution is 0.303. The van der Waals surface area contributed by atoms with Gasteiger partial charge in [0.1, 0.15) is 29.5 Å². The van der Waals surface area contributed by atoms with E-state index < -0.39 is 0 Å². The Kier molecular flexibility index (Phi) is 4.97. The van der Waals surface area contributed by atoms with Crippen molar-refractivity contribution >= 4 is 16.7 Å². The molecule has 0 aliphatic carbocycles. The summed E-state index contributed by atoms with van der Waals surface area (Å²) in [6.45, 7) is 6.84. The minimum Gasteiger partial charge on any atom is -0.487 e. The molecule has 0 N–H and O–H groups in total. The number of rotatable bonds is 4. The van der Waals surface area contributed by atoms with Crippen LogP contribution < -0.4 is 9.64 Å². The van der Waals surface area contributed by atoms with Gasteiger partial charge >= 0.3 is 0 Å². The van der Waals surface area contributed by atoms with Crippen molar-refractivity contribution < 1.29 is 9.13 Å². The maximum atomic E-state index is 13.9. The molecule has 0 radical (unpaired) electrons. The van der Waals surface area contributed by atoms with Crippen LogP contribution in [0.3, 0.4) is 0 Å². The van der Waals surface area contributed by atoms with E-state index in [9.17, 15) is 4.39 Å². The SMILES string of the molecule is CC1CC(C)CN(c2ccc3cccc(OCc4ccccc4F)c3n2)C1. The molecule has 0 saturated carbocycles. The molecular formula is C23H25FN2O. The van der Waals surface area contributed by atoms with Crippen LogP contribution in [0, 0.1) is 17.7 Å².